The number of aromatic amines is 1. The van der Waals surface area contributed by atoms with E-state index in [0.717, 1.165) is 27.6 Å². The molecule has 0 bridgehead atoms. The minimum absolute atomic E-state index is 0.00978. The maximum atomic E-state index is 13.0. The van der Waals surface area contributed by atoms with Crippen LogP contribution in [0.5, 0.6) is 0 Å². The highest BCUT2D eigenvalue weighted by Gasteiger charge is 2.18. The molecule has 0 spiro atoms. The number of aliphatic hydroxyl groups is 1. The second-order valence-electron chi connectivity index (χ2n) is 7.34. The molecule has 2 N–H and O–H groups in total. The number of aryl methyl sites for hydroxylation is 3. The molecule has 5 nitrogen and oxygen atoms in total. The number of carbonyl (C=O) groups is 1. The lowest BCUT2D eigenvalue weighted by atomic mass is 10.0. The number of H-pyrrole nitrogens is 1. The van der Waals surface area contributed by atoms with Crippen molar-refractivity contribution in [2.24, 2.45) is 0 Å². The van der Waals surface area contributed by atoms with Gasteiger partial charge in [-0.05, 0) is 62.6 Å². The molecular weight excluding hydrogens is 352 g/mol. The van der Waals surface area contributed by atoms with Crippen molar-refractivity contribution in [3.8, 4) is 0 Å². The summed E-state index contributed by atoms with van der Waals surface area (Å²) in [6.45, 7) is 6.55. The minimum atomic E-state index is -0.191. The standard InChI is InChI=1S/C23H26N2O3/c1-15-5-7-18(8-6-15)23(28)25(9-4-10-26)14-19-13-20-17(3)11-16(2)12-21(20)24-22(19)27/h5-8,11-13,26H,4,9-10,14H2,1-3H3,(H,24,27). The number of hydrogen-bond donors (Lipinski definition) is 2. The summed E-state index contributed by atoms with van der Waals surface area (Å²) in [5, 5.41) is 10.2. The zero-order chi connectivity index (χ0) is 20.3. The van der Waals surface area contributed by atoms with E-state index in [9.17, 15) is 14.7 Å². The Morgan fingerprint density at radius 3 is 2.43 bits per heavy atom. The summed E-state index contributed by atoms with van der Waals surface area (Å²) < 4.78 is 0. The van der Waals surface area contributed by atoms with Gasteiger partial charge in [-0.15, -0.1) is 0 Å². The number of amides is 1. The number of aromatic nitrogens is 1. The molecule has 3 aromatic rings. The number of nitrogens with zero attached hydrogens (tertiary/aromatic N) is 1. The lowest BCUT2D eigenvalue weighted by Gasteiger charge is -2.23. The molecule has 3 rings (SSSR count). The van der Waals surface area contributed by atoms with Crippen molar-refractivity contribution in [1.29, 1.82) is 0 Å². The molecule has 2 aromatic carbocycles. The molecule has 0 aliphatic rings. The molecule has 0 unspecified atom stereocenters. The van der Waals surface area contributed by atoms with Crippen LogP contribution in [0.15, 0.2) is 47.3 Å². The van der Waals surface area contributed by atoms with Crippen LogP contribution in [0, 0.1) is 20.8 Å². The van der Waals surface area contributed by atoms with Gasteiger partial charge in [-0.2, -0.15) is 0 Å². The summed E-state index contributed by atoms with van der Waals surface area (Å²) >= 11 is 0. The minimum Gasteiger partial charge on any atom is -0.396 e. The number of pyridine rings is 1. The van der Waals surface area contributed by atoms with Crippen LogP contribution in [-0.2, 0) is 6.54 Å². The molecule has 0 saturated heterocycles. The SMILES string of the molecule is Cc1ccc(C(=O)N(CCCO)Cc2cc3c(C)cc(C)cc3[nH]c2=O)cc1. The number of nitrogens with one attached hydrogen (secondary N) is 1. The summed E-state index contributed by atoms with van der Waals surface area (Å²) in [6.07, 6.45) is 0.460. The van der Waals surface area contributed by atoms with Crippen molar-refractivity contribution in [1.82, 2.24) is 9.88 Å². The molecule has 28 heavy (non-hydrogen) atoms. The zero-order valence-corrected chi connectivity index (χ0v) is 16.6. The van der Waals surface area contributed by atoms with Crippen LogP contribution in [-0.4, -0.2) is 34.0 Å². The zero-order valence-electron chi connectivity index (χ0n) is 16.6. The molecule has 0 atom stereocenters. The quantitative estimate of drug-likeness (QED) is 0.690. The largest absolute Gasteiger partial charge is 0.396 e. The smallest absolute Gasteiger partial charge is 0.254 e. The van der Waals surface area contributed by atoms with Crippen LogP contribution >= 0.6 is 0 Å². The van der Waals surface area contributed by atoms with Crippen LogP contribution < -0.4 is 5.56 Å². The van der Waals surface area contributed by atoms with Gasteiger partial charge in [-0.3, -0.25) is 9.59 Å². The Bertz CT molecular complexity index is 1050. The van der Waals surface area contributed by atoms with Gasteiger partial charge in [0.1, 0.15) is 0 Å². The van der Waals surface area contributed by atoms with Gasteiger partial charge in [-0.25, -0.2) is 0 Å². The maximum absolute atomic E-state index is 13.0. The van der Waals surface area contributed by atoms with Crippen molar-refractivity contribution in [3.63, 3.8) is 0 Å². The Morgan fingerprint density at radius 2 is 1.75 bits per heavy atom. The van der Waals surface area contributed by atoms with Gasteiger partial charge in [0.25, 0.3) is 11.5 Å². The molecule has 1 aromatic heterocycles. The van der Waals surface area contributed by atoms with E-state index in [0.29, 0.717) is 24.1 Å². The van der Waals surface area contributed by atoms with Crippen LogP contribution in [0.25, 0.3) is 10.9 Å². The van der Waals surface area contributed by atoms with Gasteiger partial charge < -0.3 is 15.0 Å². The van der Waals surface area contributed by atoms with Gasteiger partial charge in [0.05, 0.1) is 6.54 Å². The summed E-state index contributed by atoms with van der Waals surface area (Å²) in [7, 11) is 0. The molecular formula is C23H26N2O3. The van der Waals surface area contributed by atoms with Gasteiger partial charge in [0, 0.05) is 35.2 Å². The number of rotatable bonds is 6. The first kappa shape index (κ1) is 19.8. The molecule has 5 heteroatoms. The monoisotopic (exact) mass is 378 g/mol. The highest BCUT2D eigenvalue weighted by molar-refractivity contribution is 5.94. The lowest BCUT2D eigenvalue weighted by Crippen LogP contribution is -2.34. The molecule has 146 valence electrons. The Labute approximate surface area is 164 Å². The lowest BCUT2D eigenvalue weighted by molar-refractivity contribution is 0.0731. The van der Waals surface area contributed by atoms with Crippen LogP contribution in [0.4, 0.5) is 0 Å². The first-order valence-electron chi connectivity index (χ1n) is 9.49. The molecule has 1 heterocycles. The van der Waals surface area contributed by atoms with E-state index < -0.39 is 0 Å². The topological polar surface area (TPSA) is 73.4 Å². The Kier molecular flexibility index (Phi) is 5.95. The fourth-order valence-corrected chi connectivity index (χ4v) is 3.43. The van der Waals surface area contributed by atoms with E-state index >= 15 is 0 Å². The molecule has 0 fully saturated rings. The van der Waals surface area contributed by atoms with Crippen molar-refractivity contribution in [2.75, 3.05) is 13.2 Å². The van der Waals surface area contributed by atoms with E-state index in [4.69, 9.17) is 0 Å². The highest BCUT2D eigenvalue weighted by atomic mass is 16.3. The van der Waals surface area contributed by atoms with Crippen molar-refractivity contribution < 1.29 is 9.90 Å². The Hall–Kier alpha value is -2.92. The van der Waals surface area contributed by atoms with E-state index in [2.05, 4.69) is 11.1 Å². The van der Waals surface area contributed by atoms with E-state index in [1.54, 1.807) is 17.0 Å². The Morgan fingerprint density at radius 1 is 1.04 bits per heavy atom. The summed E-state index contributed by atoms with van der Waals surface area (Å²) in [6, 6.07) is 13.3. The number of aliphatic hydroxyl groups excluding tert-OH is 1. The van der Waals surface area contributed by atoms with Crippen LogP contribution in [0.1, 0.15) is 39.0 Å². The summed E-state index contributed by atoms with van der Waals surface area (Å²) in [5.74, 6) is -0.145. The van der Waals surface area contributed by atoms with E-state index in [-0.39, 0.29) is 24.6 Å². The van der Waals surface area contributed by atoms with Gasteiger partial charge >= 0.3 is 0 Å². The van der Waals surface area contributed by atoms with Crippen molar-refractivity contribution >= 4 is 16.8 Å². The maximum Gasteiger partial charge on any atom is 0.254 e. The first-order chi connectivity index (χ1) is 13.4. The van der Waals surface area contributed by atoms with Crippen molar-refractivity contribution in [3.05, 3.63) is 80.6 Å². The predicted molar refractivity (Wildman–Crippen MR) is 112 cm³/mol. The Balaban J connectivity index is 1.96. The number of carbonyl (C=O) groups excluding carboxylic acids is 1. The third kappa shape index (κ3) is 4.31. The number of benzene rings is 2. The molecule has 0 radical (unpaired) electrons. The second-order valence-corrected chi connectivity index (χ2v) is 7.34. The highest BCUT2D eigenvalue weighted by Crippen LogP contribution is 2.19. The molecule has 0 aliphatic heterocycles. The first-order valence-corrected chi connectivity index (χ1v) is 9.49. The molecule has 1 amide bonds. The fraction of sp³-hybridized carbons (Fsp3) is 0.304. The average molecular weight is 378 g/mol. The van der Waals surface area contributed by atoms with Crippen LogP contribution in [0.3, 0.4) is 0 Å². The van der Waals surface area contributed by atoms with Gasteiger partial charge in [-0.1, -0.05) is 23.8 Å². The van der Waals surface area contributed by atoms with E-state index in [1.807, 2.05) is 45.0 Å². The normalized spacial score (nSPS) is 11.0. The second kappa shape index (κ2) is 8.40. The predicted octanol–water partition coefficient (Wildman–Crippen LogP) is 3.48. The third-order valence-electron chi connectivity index (χ3n) is 4.92. The molecule has 0 saturated carbocycles. The van der Waals surface area contributed by atoms with Gasteiger partial charge in [0.2, 0.25) is 0 Å². The summed E-state index contributed by atoms with van der Waals surface area (Å²) in [5.41, 5.74) is 4.98. The van der Waals surface area contributed by atoms with Gasteiger partial charge in [0.15, 0.2) is 0 Å². The van der Waals surface area contributed by atoms with E-state index in [1.165, 1.54) is 0 Å². The van der Waals surface area contributed by atoms with Crippen LogP contribution in [0.2, 0.25) is 0 Å². The average Bonchev–Trinajstić information content (AvgIpc) is 2.65. The van der Waals surface area contributed by atoms with Crippen molar-refractivity contribution in [2.45, 2.75) is 33.7 Å². The third-order valence-corrected chi connectivity index (χ3v) is 4.92. The summed E-state index contributed by atoms with van der Waals surface area (Å²) in [4.78, 5) is 30.2. The number of fused-ring (bicyclic) bond motifs is 1. The fourth-order valence-electron chi connectivity index (χ4n) is 3.43. The number of hydrogen-bond acceptors (Lipinski definition) is 3. The molecule has 0 aliphatic carbocycles.